The monoisotopic (exact) mass is 529 g/mol. The van der Waals surface area contributed by atoms with Crippen LogP contribution < -0.4 is 5.46 Å². The molecule has 0 saturated heterocycles. The molecule has 5 heteroatoms. The van der Waals surface area contributed by atoms with Gasteiger partial charge >= 0.3 is 7.48 Å². The van der Waals surface area contributed by atoms with Crippen LogP contribution in [0, 0.1) is 5.82 Å². The van der Waals surface area contributed by atoms with E-state index in [0.29, 0.717) is 0 Å². The summed E-state index contributed by atoms with van der Waals surface area (Å²) in [4.78, 5) is 0. The molecule has 0 bridgehead atoms. The van der Waals surface area contributed by atoms with Crippen LogP contribution in [-0.4, -0.2) is 21.6 Å². The number of benzene rings is 6. The number of para-hydroxylation sites is 2. The highest BCUT2D eigenvalue weighted by Crippen LogP contribution is 2.38. The van der Waals surface area contributed by atoms with E-state index in [1.54, 1.807) is 0 Å². The molecule has 193 valence electrons. The summed E-state index contributed by atoms with van der Waals surface area (Å²) in [5.74, 6) is -0.241. The third kappa shape index (κ3) is 3.70. The summed E-state index contributed by atoms with van der Waals surface area (Å²) < 4.78 is 18.2. The lowest BCUT2D eigenvalue weighted by atomic mass is 9.89. The molecule has 0 fully saturated rings. The highest BCUT2D eigenvalue weighted by atomic mass is 19.1. The van der Waals surface area contributed by atoms with E-state index >= 15 is 0 Å². The Balaban J connectivity index is 1.32. The number of aromatic nitrogens is 2. The van der Waals surface area contributed by atoms with Crippen molar-refractivity contribution in [3.8, 4) is 22.5 Å². The predicted molar refractivity (Wildman–Crippen MR) is 168 cm³/mol. The molecule has 0 aliphatic carbocycles. The van der Waals surface area contributed by atoms with Crippen molar-refractivity contribution in [3.05, 3.63) is 139 Å². The van der Waals surface area contributed by atoms with Crippen molar-refractivity contribution in [2.45, 2.75) is 0 Å². The van der Waals surface area contributed by atoms with Gasteiger partial charge in [0.15, 0.2) is 0 Å². The minimum absolute atomic E-state index is 0.241. The molecular weight excluding hydrogens is 506 g/mol. The summed E-state index contributed by atoms with van der Waals surface area (Å²) in [5, 5.41) is 14.1. The second-order valence-corrected chi connectivity index (χ2v) is 10.4. The summed E-state index contributed by atoms with van der Waals surface area (Å²) in [5.41, 5.74) is 9.48. The Hall–Kier alpha value is -5.13. The molecule has 8 aromatic rings. The molecule has 0 aliphatic rings. The first-order valence-corrected chi connectivity index (χ1v) is 13.6. The third-order valence-corrected chi connectivity index (χ3v) is 8.06. The molecule has 0 aliphatic heterocycles. The van der Waals surface area contributed by atoms with E-state index in [1.165, 1.54) is 22.9 Å². The zero-order valence-corrected chi connectivity index (χ0v) is 22.0. The van der Waals surface area contributed by atoms with Crippen LogP contribution in [0.3, 0.4) is 0 Å². The van der Waals surface area contributed by atoms with Gasteiger partial charge in [0.2, 0.25) is 0 Å². The number of halogens is 1. The lowest BCUT2D eigenvalue weighted by Gasteiger charge is -2.10. The van der Waals surface area contributed by atoms with Crippen molar-refractivity contribution in [2.24, 2.45) is 0 Å². The number of fused-ring (bicyclic) bond motifs is 6. The van der Waals surface area contributed by atoms with Crippen molar-refractivity contribution >= 4 is 56.6 Å². The Labute approximate surface area is 236 Å². The molecule has 2 aromatic heterocycles. The fourth-order valence-electron chi connectivity index (χ4n) is 6.16. The van der Waals surface area contributed by atoms with E-state index in [1.807, 2.05) is 42.5 Å². The molecule has 0 unspecified atom stereocenters. The van der Waals surface area contributed by atoms with Gasteiger partial charge in [-0.05, 0) is 83.9 Å². The maximum Gasteiger partial charge on any atom is 0.326 e. The highest BCUT2D eigenvalue weighted by molar-refractivity contribution is 6.45. The van der Waals surface area contributed by atoms with E-state index in [4.69, 9.17) is 0 Å². The smallest absolute Gasteiger partial charge is 0.326 e. The standard InChI is InChI=1S/C36H23BFN2O/c38-26-13-17-28(18-14-26)40-34-8-4-2-6-30(34)32-22-24(10-20-36(32)40)23-9-19-35-31(21-23)29-5-1-3-7-33(29)39(35)27-15-11-25(37-41)12-16-27/h1-22,41H. The zero-order chi connectivity index (χ0) is 27.5. The molecule has 3 nitrogen and oxygen atoms in total. The summed E-state index contributed by atoms with van der Waals surface area (Å²) >= 11 is 0. The van der Waals surface area contributed by atoms with Crippen LogP contribution in [0.1, 0.15) is 0 Å². The van der Waals surface area contributed by atoms with Crippen LogP contribution in [0.15, 0.2) is 133 Å². The summed E-state index contributed by atoms with van der Waals surface area (Å²) in [7, 11) is 1.12. The van der Waals surface area contributed by atoms with Crippen molar-refractivity contribution in [2.75, 3.05) is 0 Å². The first-order valence-electron chi connectivity index (χ1n) is 13.6. The second kappa shape index (κ2) is 9.22. The van der Waals surface area contributed by atoms with Gasteiger partial charge < -0.3 is 14.2 Å². The van der Waals surface area contributed by atoms with Crippen LogP contribution in [0.5, 0.6) is 0 Å². The van der Waals surface area contributed by atoms with Gasteiger partial charge in [0, 0.05) is 32.9 Å². The SMILES string of the molecule is O[B]c1ccc(-n2c3ccccc3c3cc(-c4ccc5c(c4)c4ccccc4n5-c4ccc(F)cc4)ccc32)cc1. The summed E-state index contributed by atoms with van der Waals surface area (Å²) in [6, 6.07) is 44.7. The van der Waals surface area contributed by atoms with Gasteiger partial charge in [-0.1, -0.05) is 66.1 Å². The largest absolute Gasteiger partial charge is 0.450 e. The maximum atomic E-state index is 13.7. The number of nitrogens with zero attached hydrogens (tertiary/aromatic N) is 2. The Kier molecular flexibility index (Phi) is 5.34. The normalized spacial score (nSPS) is 11.7. The Morgan fingerprint density at radius 2 is 0.902 bits per heavy atom. The fraction of sp³-hybridized carbons (Fsp3) is 0. The summed E-state index contributed by atoms with van der Waals surface area (Å²) in [6.45, 7) is 0. The molecule has 41 heavy (non-hydrogen) atoms. The van der Waals surface area contributed by atoms with Crippen LogP contribution in [0.2, 0.25) is 0 Å². The quantitative estimate of drug-likeness (QED) is 0.231. The molecular formula is C36H23BFN2O. The van der Waals surface area contributed by atoms with Gasteiger partial charge in [-0.15, -0.1) is 0 Å². The van der Waals surface area contributed by atoms with Gasteiger partial charge in [0.05, 0.1) is 22.1 Å². The topological polar surface area (TPSA) is 30.1 Å². The minimum atomic E-state index is -0.241. The Morgan fingerprint density at radius 3 is 1.39 bits per heavy atom. The minimum Gasteiger partial charge on any atom is -0.450 e. The average molecular weight is 529 g/mol. The third-order valence-electron chi connectivity index (χ3n) is 8.06. The summed E-state index contributed by atoms with van der Waals surface area (Å²) in [6.07, 6.45) is 0. The maximum absolute atomic E-state index is 13.7. The zero-order valence-electron chi connectivity index (χ0n) is 22.0. The van der Waals surface area contributed by atoms with Gasteiger partial charge in [0.1, 0.15) is 5.82 Å². The van der Waals surface area contributed by atoms with Crippen molar-refractivity contribution < 1.29 is 9.41 Å². The molecule has 6 aromatic carbocycles. The highest BCUT2D eigenvalue weighted by Gasteiger charge is 2.16. The van der Waals surface area contributed by atoms with E-state index in [0.717, 1.165) is 68.3 Å². The van der Waals surface area contributed by atoms with Crippen LogP contribution in [0.25, 0.3) is 66.1 Å². The van der Waals surface area contributed by atoms with Crippen LogP contribution in [0.4, 0.5) is 4.39 Å². The molecule has 0 amide bonds. The number of hydrogen-bond acceptors (Lipinski definition) is 1. The van der Waals surface area contributed by atoms with Crippen molar-refractivity contribution in [1.29, 1.82) is 0 Å². The predicted octanol–water partition coefficient (Wildman–Crippen LogP) is 7.92. The van der Waals surface area contributed by atoms with Gasteiger partial charge in [-0.25, -0.2) is 4.39 Å². The first-order chi connectivity index (χ1) is 20.2. The Morgan fingerprint density at radius 1 is 0.463 bits per heavy atom. The molecule has 1 radical (unpaired) electrons. The van der Waals surface area contributed by atoms with Crippen LogP contribution >= 0.6 is 0 Å². The first kappa shape index (κ1) is 23.7. The number of hydrogen-bond donors (Lipinski definition) is 1. The lowest BCUT2D eigenvalue weighted by molar-refractivity contribution is 0.615. The average Bonchev–Trinajstić information content (AvgIpc) is 3.54. The second-order valence-electron chi connectivity index (χ2n) is 10.4. The molecule has 8 rings (SSSR count). The number of rotatable bonds is 4. The molecule has 0 atom stereocenters. The van der Waals surface area contributed by atoms with Crippen molar-refractivity contribution in [1.82, 2.24) is 9.13 Å². The van der Waals surface area contributed by atoms with Gasteiger partial charge in [0.25, 0.3) is 0 Å². The van der Waals surface area contributed by atoms with E-state index in [2.05, 4.69) is 88.0 Å². The molecule has 0 spiro atoms. The Bertz CT molecular complexity index is 2250. The van der Waals surface area contributed by atoms with E-state index in [-0.39, 0.29) is 5.82 Å². The van der Waals surface area contributed by atoms with E-state index < -0.39 is 0 Å². The van der Waals surface area contributed by atoms with Crippen molar-refractivity contribution in [3.63, 3.8) is 0 Å². The lowest BCUT2D eigenvalue weighted by Crippen LogP contribution is -2.12. The van der Waals surface area contributed by atoms with Gasteiger partial charge in [-0.2, -0.15) is 0 Å². The molecule has 1 N–H and O–H groups in total. The molecule has 0 saturated carbocycles. The fourth-order valence-corrected chi connectivity index (χ4v) is 6.16. The van der Waals surface area contributed by atoms with Crippen LogP contribution in [-0.2, 0) is 0 Å². The van der Waals surface area contributed by atoms with Gasteiger partial charge in [-0.3, -0.25) is 0 Å². The van der Waals surface area contributed by atoms with E-state index in [9.17, 15) is 9.41 Å². The molecule has 2 heterocycles.